The summed E-state index contributed by atoms with van der Waals surface area (Å²) in [6.45, 7) is 0. The number of hydrogen-bond donors (Lipinski definition) is 8. The van der Waals surface area contributed by atoms with Crippen LogP contribution in [0.2, 0.25) is 5.28 Å². The topological polar surface area (TPSA) is 359 Å². The van der Waals surface area contributed by atoms with Crippen molar-refractivity contribution in [3.63, 3.8) is 0 Å². The zero-order valence-electron chi connectivity index (χ0n) is 25.5. The van der Waals surface area contributed by atoms with Gasteiger partial charge in [0, 0.05) is 0 Å². The van der Waals surface area contributed by atoms with Crippen LogP contribution in [-0.4, -0.2) is 95.4 Å². The number of rotatable bonds is 11. The predicted octanol–water partition coefficient (Wildman–Crippen LogP) is 1.39. The Kier molecular flexibility index (Phi) is 10.3. The van der Waals surface area contributed by atoms with Gasteiger partial charge >= 0.3 is 5.97 Å². The van der Waals surface area contributed by atoms with Gasteiger partial charge in [0.15, 0.2) is 5.78 Å². The van der Waals surface area contributed by atoms with Gasteiger partial charge in [0.2, 0.25) is 17.2 Å². The van der Waals surface area contributed by atoms with Crippen molar-refractivity contribution in [3.8, 4) is 0 Å². The lowest BCUT2D eigenvalue weighted by atomic mass is 9.78. The molecule has 280 valence electrons. The fourth-order valence-electron chi connectivity index (χ4n) is 4.92. The molecule has 22 nitrogen and oxygen atoms in total. The van der Waals surface area contributed by atoms with Crippen molar-refractivity contribution in [3.05, 3.63) is 86.9 Å². The Labute approximate surface area is 303 Å². The lowest BCUT2D eigenvalue weighted by Crippen LogP contribution is -2.44. The van der Waals surface area contributed by atoms with Gasteiger partial charge in [-0.2, -0.15) is 53.7 Å². The number of carbonyl (C=O) groups excluding carboxylic acids is 1. The summed E-state index contributed by atoms with van der Waals surface area (Å²) in [4.78, 5) is 33.8. The monoisotopic (exact) mass is 833 g/mol. The van der Waals surface area contributed by atoms with E-state index in [-0.39, 0.29) is 5.69 Å². The molecule has 2 unspecified atom stereocenters. The molecule has 0 bridgehead atoms. The molecule has 0 saturated carbocycles. The molecule has 3 aromatic rings. The summed E-state index contributed by atoms with van der Waals surface area (Å²) in [5.41, 5.74) is -0.725. The zero-order chi connectivity index (χ0) is 39.3. The zero-order valence-corrected chi connectivity index (χ0v) is 29.6. The summed E-state index contributed by atoms with van der Waals surface area (Å²) in [5.74, 6) is -5.60. The number of allylic oxidation sites excluding steroid dienone is 3. The van der Waals surface area contributed by atoms with Crippen molar-refractivity contribution in [2.75, 3.05) is 16.1 Å². The van der Waals surface area contributed by atoms with Crippen LogP contribution in [0.1, 0.15) is 10.4 Å². The normalized spacial score (nSPS) is 18.7. The summed E-state index contributed by atoms with van der Waals surface area (Å²) in [6, 6.07) is 5.35. The number of para-hydroxylation sites is 1. The predicted molar refractivity (Wildman–Crippen MR) is 182 cm³/mol. The number of nitrogens with zero attached hydrogens (tertiary/aromatic N) is 4. The first-order valence-electron chi connectivity index (χ1n) is 13.8. The number of carbonyl (C=O) groups is 2. The number of carboxylic acid groups (broad SMARTS) is 1. The fourth-order valence-corrected chi connectivity index (χ4v) is 7.51. The molecule has 0 spiro atoms. The molecule has 1 aromatic heterocycles. The van der Waals surface area contributed by atoms with Gasteiger partial charge in [0.25, 0.3) is 40.5 Å². The van der Waals surface area contributed by atoms with Crippen molar-refractivity contribution in [1.82, 2.24) is 15.0 Å². The molecule has 1 heterocycles. The Hall–Kier alpha value is -5.19. The van der Waals surface area contributed by atoms with Gasteiger partial charge in [-0.1, -0.05) is 12.1 Å². The number of Topliss-reactive ketones (excluding diaryl/α,β-unsaturated/α-hetero) is 1. The van der Waals surface area contributed by atoms with Crippen LogP contribution in [0.25, 0.3) is 0 Å². The summed E-state index contributed by atoms with van der Waals surface area (Å²) in [7, 11) is -20.1. The Morgan fingerprint density at radius 3 is 2.06 bits per heavy atom. The van der Waals surface area contributed by atoms with Crippen LogP contribution < -0.4 is 16.1 Å². The standard InChI is InChI=1S/C26H20ClN7O15S4/c27-24-30-25(28-15-6-5-12(50(38,39)40)9-14(15)23(36)37)32-26(31-24)29-17-10-13(51(41,42)43)7-11-8-19(53(47,48)49)21(22(35)20(11)17)34-33-16-3-1-2-4-18(16)52(44,45)46/h1-10,17,20,33H,(H,36,37)(H,38,39,40)(H,41,42,43)(H,44,45,46)(H,47,48,49)(H2,28,29,30,31,32). The number of nitrogens with one attached hydrogen (secondary N) is 3. The Bertz CT molecular complexity index is 2680. The first-order valence-corrected chi connectivity index (χ1v) is 19.9. The van der Waals surface area contributed by atoms with Gasteiger partial charge in [-0.25, -0.2) is 4.79 Å². The lowest BCUT2D eigenvalue weighted by Gasteiger charge is -2.32. The van der Waals surface area contributed by atoms with Crippen LogP contribution in [0.4, 0.5) is 23.3 Å². The minimum Gasteiger partial charge on any atom is -0.478 e. The summed E-state index contributed by atoms with van der Waals surface area (Å²) in [6.07, 6.45) is 2.17. The molecule has 0 fully saturated rings. The molecule has 2 aliphatic rings. The van der Waals surface area contributed by atoms with E-state index in [0.717, 1.165) is 36.4 Å². The molecule has 5 rings (SSSR count). The first-order chi connectivity index (χ1) is 24.4. The Balaban J connectivity index is 1.58. The number of ketones is 1. The lowest BCUT2D eigenvalue weighted by molar-refractivity contribution is -0.115. The Morgan fingerprint density at radius 2 is 1.45 bits per heavy atom. The number of aromatic nitrogens is 3. The number of hydrogen-bond acceptors (Lipinski definition) is 17. The third-order valence-corrected chi connectivity index (χ3v) is 10.8. The van der Waals surface area contributed by atoms with Gasteiger partial charge in [0.05, 0.1) is 38.7 Å². The highest BCUT2D eigenvalue weighted by atomic mass is 35.5. The third-order valence-electron chi connectivity index (χ3n) is 7.12. The highest BCUT2D eigenvalue weighted by Crippen LogP contribution is 2.36. The van der Waals surface area contributed by atoms with E-state index < -0.39 is 124 Å². The summed E-state index contributed by atoms with van der Waals surface area (Å²) < 4.78 is 135. The number of carboxylic acids is 1. The maximum Gasteiger partial charge on any atom is 0.337 e. The van der Waals surface area contributed by atoms with Gasteiger partial charge in [0.1, 0.15) is 15.5 Å². The molecule has 2 aromatic carbocycles. The number of aromatic carboxylic acids is 1. The largest absolute Gasteiger partial charge is 0.478 e. The minimum absolute atomic E-state index is 0.316. The van der Waals surface area contributed by atoms with E-state index in [1.807, 2.05) is 0 Å². The van der Waals surface area contributed by atoms with Crippen LogP contribution >= 0.6 is 11.6 Å². The van der Waals surface area contributed by atoms with Gasteiger partial charge in [-0.05, 0) is 65.7 Å². The van der Waals surface area contributed by atoms with Crippen molar-refractivity contribution in [1.29, 1.82) is 0 Å². The van der Waals surface area contributed by atoms with Gasteiger partial charge in [-0.15, -0.1) is 0 Å². The molecule has 8 N–H and O–H groups in total. The second-order valence-electron chi connectivity index (χ2n) is 10.6. The third kappa shape index (κ3) is 8.72. The molecular weight excluding hydrogens is 814 g/mol. The van der Waals surface area contributed by atoms with E-state index >= 15 is 0 Å². The molecule has 2 aliphatic carbocycles. The van der Waals surface area contributed by atoms with Crippen molar-refractivity contribution < 1.29 is 66.6 Å². The van der Waals surface area contributed by atoms with Gasteiger partial charge < -0.3 is 15.7 Å². The number of hydrazone groups is 1. The molecule has 2 atom stereocenters. The maximum absolute atomic E-state index is 14.0. The van der Waals surface area contributed by atoms with Crippen molar-refractivity contribution in [2.45, 2.75) is 15.8 Å². The molecule has 0 amide bonds. The van der Waals surface area contributed by atoms with Crippen LogP contribution in [0.3, 0.4) is 0 Å². The van der Waals surface area contributed by atoms with E-state index in [9.17, 15) is 66.6 Å². The Morgan fingerprint density at radius 1 is 0.792 bits per heavy atom. The number of halogens is 1. The smallest absolute Gasteiger partial charge is 0.337 e. The fraction of sp³-hybridized carbons (Fsp3) is 0.0769. The number of benzene rings is 2. The maximum atomic E-state index is 14.0. The minimum atomic E-state index is -5.33. The van der Waals surface area contributed by atoms with E-state index in [4.69, 9.17) is 11.6 Å². The van der Waals surface area contributed by atoms with E-state index in [1.165, 1.54) is 12.1 Å². The average molecular weight is 834 g/mol. The van der Waals surface area contributed by atoms with E-state index in [2.05, 4.69) is 36.1 Å². The average Bonchev–Trinajstić information content (AvgIpc) is 3.02. The van der Waals surface area contributed by atoms with Crippen LogP contribution in [0.5, 0.6) is 0 Å². The van der Waals surface area contributed by atoms with Crippen molar-refractivity contribution >= 4 is 92.8 Å². The number of fused-ring (bicyclic) bond motifs is 1. The highest BCUT2D eigenvalue weighted by molar-refractivity contribution is 7.91. The van der Waals surface area contributed by atoms with E-state index in [1.54, 1.807) is 0 Å². The first kappa shape index (κ1) is 39.0. The van der Waals surface area contributed by atoms with Crippen molar-refractivity contribution in [2.24, 2.45) is 11.0 Å². The second-order valence-corrected chi connectivity index (χ2v) is 16.6. The summed E-state index contributed by atoms with van der Waals surface area (Å²) in [5, 5.41) is 17.7. The van der Waals surface area contributed by atoms with Crippen LogP contribution in [0.15, 0.2) is 91.0 Å². The molecular formula is C26H20ClN7O15S4. The van der Waals surface area contributed by atoms with Crippen LogP contribution in [0, 0.1) is 5.92 Å². The van der Waals surface area contributed by atoms with Gasteiger partial charge in [-0.3, -0.25) is 28.4 Å². The summed E-state index contributed by atoms with van der Waals surface area (Å²) >= 11 is 6.03. The second kappa shape index (κ2) is 14.0. The quantitative estimate of drug-likeness (QED) is 0.0999. The highest BCUT2D eigenvalue weighted by Gasteiger charge is 2.44. The SMILES string of the molecule is O=C(O)c1cc(S(=O)(=O)O)ccc1Nc1nc(Cl)nc(NC2C=C(S(=O)(=O)O)C=C3C=C(S(=O)(=O)O)C(=NNc4ccccc4S(=O)(=O)O)C(=O)C32)n1. The molecule has 0 aliphatic heterocycles. The molecule has 0 saturated heterocycles. The van der Waals surface area contributed by atoms with E-state index in [0.29, 0.717) is 12.1 Å². The van der Waals surface area contributed by atoms with Crippen LogP contribution in [-0.2, 0) is 45.3 Å². The molecule has 0 radical (unpaired) electrons. The number of anilines is 4. The molecule has 27 heteroatoms. The molecule has 53 heavy (non-hydrogen) atoms.